The zero-order chi connectivity index (χ0) is 13.4. The molecule has 0 aliphatic heterocycles. The molecule has 2 N–H and O–H groups in total. The number of para-hydroxylation sites is 1. The van der Waals surface area contributed by atoms with Gasteiger partial charge >= 0.3 is 0 Å². The molecular formula is C15H10FNOS. The maximum Gasteiger partial charge on any atom is 0.196 e. The number of hydrogen-bond donors (Lipinski definition) is 1. The molecule has 3 rings (SSSR count). The van der Waals surface area contributed by atoms with Crippen LogP contribution in [0.1, 0.15) is 15.9 Å². The molecule has 0 radical (unpaired) electrons. The molecule has 0 atom stereocenters. The van der Waals surface area contributed by atoms with Gasteiger partial charge in [0.2, 0.25) is 0 Å². The molecular weight excluding hydrogens is 261 g/mol. The van der Waals surface area contributed by atoms with Crippen LogP contribution in [0.5, 0.6) is 0 Å². The van der Waals surface area contributed by atoms with E-state index >= 15 is 0 Å². The Labute approximate surface area is 113 Å². The topological polar surface area (TPSA) is 43.1 Å². The average Bonchev–Trinajstić information content (AvgIpc) is 2.89. The number of hydrogen-bond acceptors (Lipinski definition) is 3. The van der Waals surface area contributed by atoms with Crippen LogP contribution in [0.4, 0.5) is 10.1 Å². The first-order valence-corrected chi connectivity index (χ1v) is 6.61. The van der Waals surface area contributed by atoms with E-state index in [-0.39, 0.29) is 17.0 Å². The fourth-order valence-corrected chi connectivity index (χ4v) is 2.96. The van der Waals surface area contributed by atoms with Gasteiger partial charge in [-0.2, -0.15) is 0 Å². The zero-order valence-corrected chi connectivity index (χ0v) is 10.7. The lowest BCUT2D eigenvalue weighted by Gasteiger charge is -2.06. The van der Waals surface area contributed by atoms with Crippen molar-refractivity contribution in [2.45, 2.75) is 0 Å². The molecule has 0 fully saturated rings. The number of ketones is 1. The van der Waals surface area contributed by atoms with Crippen molar-refractivity contribution in [2.24, 2.45) is 0 Å². The Bertz CT molecular complexity index is 779. The number of carbonyl (C=O) groups is 1. The van der Waals surface area contributed by atoms with Gasteiger partial charge in [-0.25, -0.2) is 4.39 Å². The van der Waals surface area contributed by atoms with Crippen molar-refractivity contribution in [2.75, 3.05) is 5.73 Å². The van der Waals surface area contributed by atoms with E-state index in [1.54, 1.807) is 12.1 Å². The van der Waals surface area contributed by atoms with Crippen LogP contribution in [-0.2, 0) is 0 Å². The van der Waals surface area contributed by atoms with Gasteiger partial charge in [-0.15, -0.1) is 11.3 Å². The van der Waals surface area contributed by atoms with Gasteiger partial charge < -0.3 is 5.73 Å². The van der Waals surface area contributed by atoms with E-state index in [0.717, 1.165) is 10.1 Å². The van der Waals surface area contributed by atoms with Crippen LogP contribution in [0, 0.1) is 5.82 Å². The molecule has 2 nitrogen and oxygen atoms in total. The second kappa shape index (κ2) is 4.48. The SMILES string of the molecule is Nc1c(F)cccc1C(=O)c1cccc2ccsc12. The maximum absolute atomic E-state index is 13.4. The molecule has 94 valence electrons. The zero-order valence-electron chi connectivity index (χ0n) is 9.89. The van der Waals surface area contributed by atoms with Crippen LogP contribution in [0.15, 0.2) is 47.8 Å². The Kier molecular flexibility index (Phi) is 2.80. The van der Waals surface area contributed by atoms with E-state index in [1.807, 2.05) is 23.6 Å². The fraction of sp³-hybridized carbons (Fsp3) is 0. The van der Waals surface area contributed by atoms with Crippen LogP contribution in [0.2, 0.25) is 0 Å². The van der Waals surface area contributed by atoms with Crippen molar-refractivity contribution in [3.63, 3.8) is 0 Å². The van der Waals surface area contributed by atoms with Crippen molar-refractivity contribution < 1.29 is 9.18 Å². The van der Waals surface area contributed by atoms with Crippen LogP contribution in [0.25, 0.3) is 10.1 Å². The lowest BCUT2D eigenvalue weighted by molar-refractivity contribution is 0.104. The van der Waals surface area contributed by atoms with Crippen molar-refractivity contribution in [3.8, 4) is 0 Å². The molecule has 19 heavy (non-hydrogen) atoms. The van der Waals surface area contributed by atoms with E-state index in [9.17, 15) is 9.18 Å². The van der Waals surface area contributed by atoms with Crippen LogP contribution >= 0.6 is 11.3 Å². The molecule has 0 spiro atoms. The number of thiophene rings is 1. The highest BCUT2D eigenvalue weighted by Crippen LogP contribution is 2.28. The third-order valence-electron chi connectivity index (χ3n) is 3.02. The number of benzene rings is 2. The van der Waals surface area contributed by atoms with Gasteiger partial charge in [0.15, 0.2) is 5.78 Å². The molecule has 1 aromatic heterocycles. The normalized spacial score (nSPS) is 10.8. The average molecular weight is 271 g/mol. The van der Waals surface area contributed by atoms with Crippen LogP contribution in [-0.4, -0.2) is 5.78 Å². The lowest BCUT2D eigenvalue weighted by Crippen LogP contribution is -2.07. The van der Waals surface area contributed by atoms with Crippen molar-refractivity contribution in [1.29, 1.82) is 0 Å². The predicted molar refractivity (Wildman–Crippen MR) is 76.1 cm³/mol. The summed E-state index contributed by atoms with van der Waals surface area (Å²) in [6, 6.07) is 11.7. The first-order valence-electron chi connectivity index (χ1n) is 5.73. The number of halogens is 1. The molecule has 0 bridgehead atoms. The molecule has 1 heterocycles. The Hall–Kier alpha value is -2.20. The summed E-state index contributed by atoms with van der Waals surface area (Å²) in [5.74, 6) is -0.811. The van der Waals surface area contributed by atoms with Crippen molar-refractivity contribution in [3.05, 3.63) is 64.8 Å². The minimum absolute atomic E-state index is 0.0962. The highest BCUT2D eigenvalue weighted by Gasteiger charge is 2.17. The predicted octanol–water partition coefficient (Wildman–Crippen LogP) is 3.85. The number of carbonyl (C=O) groups excluding carboxylic acids is 1. The van der Waals surface area contributed by atoms with Crippen LogP contribution in [0.3, 0.4) is 0 Å². The molecule has 0 saturated carbocycles. The first-order chi connectivity index (χ1) is 9.18. The summed E-state index contributed by atoms with van der Waals surface area (Å²) in [7, 11) is 0. The van der Waals surface area contributed by atoms with E-state index in [0.29, 0.717) is 5.56 Å². The van der Waals surface area contributed by atoms with Gasteiger partial charge in [0.25, 0.3) is 0 Å². The van der Waals surface area contributed by atoms with Gasteiger partial charge in [-0.3, -0.25) is 4.79 Å². The number of anilines is 1. The van der Waals surface area contributed by atoms with E-state index in [4.69, 9.17) is 5.73 Å². The third-order valence-corrected chi connectivity index (χ3v) is 3.98. The highest BCUT2D eigenvalue weighted by molar-refractivity contribution is 7.17. The molecule has 0 unspecified atom stereocenters. The van der Waals surface area contributed by atoms with Gasteiger partial charge in [0.05, 0.1) is 5.69 Å². The van der Waals surface area contributed by atoms with Crippen molar-refractivity contribution in [1.82, 2.24) is 0 Å². The van der Waals surface area contributed by atoms with Gasteiger partial charge in [0, 0.05) is 15.8 Å². The first kappa shape index (κ1) is 11.9. The van der Waals surface area contributed by atoms with Crippen LogP contribution < -0.4 is 5.73 Å². The van der Waals surface area contributed by atoms with E-state index in [1.165, 1.54) is 23.5 Å². The molecule has 0 saturated heterocycles. The monoisotopic (exact) mass is 271 g/mol. The fourth-order valence-electron chi connectivity index (χ4n) is 2.05. The number of nitrogens with two attached hydrogens (primary N) is 1. The summed E-state index contributed by atoms with van der Waals surface area (Å²) in [5.41, 5.74) is 6.32. The number of fused-ring (bicyclic) bond motifs is 1. The Morgan fingerprint density at radius 3 is 2.63 bits per heavy atom. The second-order valence-corrected chi connectivity index (χ2v) is 5.09. The summed E-state index contributed by atoms with van der Waals surface area (Å²) in [5, 5.41) is 2.93. The van der Waals surface area contributed by atoms with Gasteiger partial charge in [-0.05, 0) is 35.0 Å². The molecule has 3 aromatic rings. The van der Waals surface area contributed by atoms with Gasteiger partial charge in [-0.1, -0.05) is 18.2 Å². The molecule has 2 aromatic carbocycles. The minimum atomic E-state index is -0.566. The Morgan fingerprint density at radius 2 is 1.79 bits per heavy atom. The summed E-state index contributed by atoms with van der Waals surface area (Å²) < 4.78 is 14.3. The second-order valence-electron chi connectivity index (χ2n) is 4.17. The van der Waals surface area contributed by atoms with Gasteiger partial charge in [0.1, 0.15) is 5.82 Å². The standard InChI is InChI=1S/C15H10FNOS/c16-12-6-2-4-10(13(12)17)14(18)11-5-1-3-9-7-8-19-15(9)11/h1-8H,17H2. The number of nitrogen functional groups attached to an aromatic ring is 1. The smallest absolute Gasteiger partial charge is 0.196 e. The molecule has 0 aliphatic rings. The molecule has 0 aliphatic carbocycles. The molecule has 4 heteroatoms. The lowest BCUT2D eigenvalue weighted by atomic mass is 10.0. The molecule has 0 amide bonds. The third kappa shape index (κ3) is 1.90. The summed E-state index contributed by atoms with van der Waals surface area (Å²) >= 11 is 1.49. The summed E-state index contributed by atoms with van der Waals surface area (Å²) in [6.45, 7) is 0. The summed E-state index contributed by atoms with van der Waals surface area (Å²) in [6.07, 6.45) is 0. The van der Waals surface area contributed by atoms with Crippen molar-refractivity contribution >= 4 is 32.9 Å². The summed E-state index contributed by atoms with van der Waals surface area (Å²) in [4.78, 5) is 12.5. The Balaban J connectivity index is 2.19. The number of rotatable bonds is 2. The Morgan fingerprint density at radius 1 is 1.05 bits per heavy atom. The largest absolute Gasteiger partial charge is 0.396 e. The quantitative estimate of drug-likeness (QED) is 0.568. The minimum Gasteiger partial charge on any atom is -0.396 e. The van der Waals surface area contributed by atoms with E-state index < -0.39 is 5.82 Å². The maximum atomic E-state index is 13.4. The van der Waals surface area contributed by atoms with E-state index in [2.05, 4.69) is 0 Å². The highest BCUT2D eigenvalue weighted by atomic mass is 32.1.